The fourth-order valence-corrected chi connectivity index (χ4v) is 685. The summed E-state index contributed by atoms with van der Waals surface area (Å²) in [6.45, 7) is 28.4. The Morgan fingerprint density at radius 2 is 0.846 bits per heavy atom. The zero-order valence-electron chi connectivity index (χ0n) is 52.7. The number of rotatable bonds is 31. The van der Waals surface area contributed by atoms with Crippen molar-refractivity contribution in [1.82, 2.24) is 10.2 Å². The van der Waals surface area contributed by atoms with E-state index in [-0.39, 0.29) is 192 Å². The van der Waals surface area contributed by atoms with Gasteiger partial charge in [0.15, 0.2) is 0 Å². The Morgan fingerprint density at radius 1 is 0.538 bits per heavy atom. The van der Waals surface area contributed by atoms with Crippen LogP contribution in [0.5, 0.6) is 0 Å². The lowest BCUT2D eigenvalue weighted by Gasteiger charge is -2.50. The van der Waals surface area contributed by atoms with E-state index in [1.54, 1.807) is 45.6 Å². The molecule has 1 aliphatic rings. The summed E-state index contributed by atoms with van der Waals surface area (Å²) in [6.07, 6.45) is 5.17. The summed E-state index contributed by atoms with van der Waals surface area (Å²) in [5, 5.41) is 2.71. The van der Waals surface area contributed by atoms with Gasteiger partial charge in [0.25, 0.3) is 0 Å². The Balaban J connectivity index is -0.00000115. The van der Waals surface area contributed by atoms with Crippen LogP contribution in [0.15, 0.2) is 37.0 Å². The number of carbonyl (C=O) groups is 3. The van der Waals surface area contributed by atoms with Crippen molar-refractivity contribution in [3.63, 3.8) is 0 Å². The highest BCUT2D eigenvalue weighted by atomic mass is 33.5. The second-order valence-corrected chi connectivity index (χ2v) is 230. The van der Waals surface area contributed by atoms with Gasteiger partial charge in [-0.1, -0.05) is 20.1 Å². The molecule has 2 amide bonds. The predicted octanol–water partition coefficient (Wildman–Crippen LogP) is 36.7. The third-order valence-corrected chi connectivity index (χ3v) is 353. The van der Waals surface area contributed by atoms with Crippen LogP contribution in [0.1, 0.15) is 89.0 Å². The molecule has 1 fully saturated rings. The lowest BCUT2D eigenvalue weighted by atomic mass is 10.1. The van der Waals surface area contributed by atoms with E-state index < -0.39 is 29.0 Å². The zero-order valence-corrected chi connectivity index (χ0v) is 108. The van der Waals surface area contributed by atoms with Gasteiger partial charge in [0.2, 0.25) is 0 Å². The van der Waals surface area contributed by atoms with E-state index in [1.165, 1.54) is 6.08 Å². The molecule has 0 radical (unpaired) electrons. The molecule has 540 valence electrons. The van der Waals surface area contributed by atoms with Gasteiger partial charge in [0.05, 0.1) is 24.8 Å². The van der Waals surface area contributed by atoms with E-state index in [1.807, 2.05) is 47.6 Å². The number of ether oxygens (including phenoxy) is 4. The smallest absolute Gasteiger partial charge is 0.412 e. The normalized spacial score (nSPS) is 17.5. The molecule has 1 saturated heterocycles. The molecule has 35 atom stereocenters. The van der Waals surface area contributed by atoms with Crippen LogP contribution >= 0.6 is 426 Å². The van der Waals surface area contributed by atoms with Crippen LogP contribution < -0.4 is 5.32 Å². The lowest BCUT2D eigenvalue weighted by Crippen LogP contribution is -2.50. The van der Waals surface area contributed by atoms with Crippen LogP contribution in [0.2, 0.25) is 0 Å². The van der Waals surface area contributed by atoms with Crippen molar-refractivity contribution in [2.45, 2.75) is 124 Å². The number of nitrogens with one attached hydrogen (secondary N) is 1. The molecule has 1 rings (SSSR count). The van der Waals surface area contributed by atoms with Crippen molar-refractivity contribution in [3.8, 4) is 0 Å². The van der Waals surface area contributed by atoms with Crippen LogP contribution in [0.25, 0.3) is 0 Å². The molecule has 1 heterocycles. The van der Waals surface area contributed by atoms with E-state index in [0.29, 0.717) is 25.0 Å². The van der Waals surface area contributed by atoms with Gasteiger partial charge in [-0.05, 0) is 262 Å². The van der Waals surface area contributed by atoms with E-state index in [0.717, 1.165) is 7.96 Å². The highest BCUT2D eigenvalue weighted by Crippen LogP contribution is 3.38. The third-order valence-electron chi connectivity index (χ3n) is 9.49. The second kappa shape index (κ2) is 61.3. The number of esters is 1. The van der Waals surface area contributed by atoms with Crippen molar-refractivity contribution >= 4 is 444 Å². The first-order valence-corrected chi connectivity index (χ1v) is 120. The van der Waals surface area contributed by atoms with Gasteiger partial charge in [-0.25, -0.2) is 14.4 Å². The number of alkyl carbamates (subject to hydrolysis) is 1. The topological polar surface area (TPSA) is 103 Å². The van der Waals surface area contributed by atoms with Crippen molar-refractivity contribution in [1.29, 1.82) is 0 Å². The molecule has 0 spiro atoms. The van der Waals surface area contributed by atoms with Crippen LogP contribution in [-0.4, -0.2) is 64.8 Å². The zero-order chi connectivity index (χ0) is 72.5. The predicted molar refractivity (Wildman–Crippen MR) is 596 cm³/mol. The SMILES string of the molecule is C=CC[C@H](NC(=O)OC(C)(C)C)/C(C)=C/C(=O)OCC.C=CC[C@H]1[C@H](C)OC(C)(C)N1C(=O)OC(C)(C)C.PP(P)P(P(P)P)P(P(P)P)P(P(P(P)P)P(P)P)P(P(P)P)P(P)P.PPP(P)P(P(P(P)P)P(P)P)P(P(P(P)P)P(P)P)P(P(P)P)P(P)P. The second-order valence-electron chi connectivity index (χ2n) is 19.7. The molecule has 32 unspecified atom stereocenters. The highest BCUT2D eigenvalue weighted by molar-refractivity contribution is 9.43. The molecule has 91 heavy (non-hydrogen) atoms. The quantitative estimate of drug-likeness (QED) is 0.0242. The first kappa shape index (κ1) is 115. The summed E-state index contributed by atoms with van der Waals surface area (Å²) in [5.41, 5.74) is -1.02. The minimum Gasteiger partial charge on any atom is -0.463 e. The maximum atomic E-state index is 12.3. The molecule has 1 aliphatic heterocycles. The van der Waals surface area contributed by atoms with Gasteiger partial charge >= 0.3 is 18.2 Å². The van der Waals surface area contributed by atoms with Crippen molar-refractivity contribution in [2.24, 2.45) is 0 Å². The van der Waals surface area contributed by atoms with Crippen LogP contribution in [-0.2, 0) is 23.7 Å². The van der Waals surface area contributed by atoms with Crippen LogP contribution in [0.4, 0.5) is 9.59 Å². The highest BCUT2D eigenvalue weighted by Gasteiger charge is 2.51. The van der Waals surface area contributed by atoms with Crippen LogP contribution in [0.3, 0.4) is 0 Å². The molecular formula is C29H107N2O7P53. The van der Waals surface area contributed by atoms with E-state index >= 15 is 0 Å². The number of amides is 2. The number of carbonyl (C=O) groups excluding carboxylic acids is 3. The first-order valence-electron chi connectivity index (χ1n) is 24.9. The Morgan fingerprint density at radius 3 is 1.12 bits per heavy atom. The van der Waals surface area contributed by atoms with Crippen molar-refractivity contribution in [2.75, 3.05) is 6.61 Å². The van der Waals surface area contributed by atoms with Gasteiger partial charge in [-0.15, -0.1) is 263 Å². The minimum atomic E-state index is -0.643. The molecule has 1 N–H and O–H groups in total. The minimum absolute atomic E-state index is 0.0165. The molecular weight excluding hydrogens is 2130 g/mol. The average Bonchev–Trinajstić information content (AvgIpc) is 1.60. The molecule has 0 aromatic heterocycles. The van der Waals surface area contributed by atoms with Gasteiger partial charge in [0, 0.05) is 6.08 Å². The summed E-state index contributed by atoms with van der Waals surface area (Å²) in [7, 11) is 91.9. The van der Waals surface area contributed by atoms with Gasteiger partial charge < -0.3 is 24.3 Å². The van der Waals surface area contributed by atoms with Gasteiger partial charge in [-0.2, -0.15) is 0 Å². The number of hydrogen-bond donors (Lipinski definition) is 1. The first-order chi connectivity index (χ1) is 41.3. The van der Waals surface area contributed by atoms with Gasteiger partial charge in [-0.3, -0.25) is 4.90 Å². The summed E-state index contributed by atoms with van der Waals surface area (Å²) in [4.78, 5) is 37.1. The van der Waals surface area contributed by atoms with Gasteiger partial charge in [0.1, 0.15) is 16.9 Å². The van der Waals surface area contributed by atoms with E-state index in [4.69, 9.17) is 18.9 Å². The molecule has 0 aromatic rings. The molecule has 9 nitrogen and oxygen atoms in total. The van der Waals surface area contributed by atoms with Crippen molar-refractivity contribution < 1.29 is 33.3 Å². The summed E-state index contributed by atoms with van der Waals surface area (Å²) in [6, 6.07) is -0.362. The van der Waals surface area contributed by atoms with E-state index in [2.05, 4.69) is 268 Å². The molecule has 0 aromatic carbocycles. The average molecular weight is 2240 g/mol. The van der Waals surface area contributed by atoms with E-state index in [9.17, 15) is 14.4 Å². The number of nitrogens with zero attached hydrogens (tertiary/aromatic N) is 1. The third kappa shape index (κ3) is 47.7. The van der Waals surface area contributed by atoms with Crippen molar-refractivity contribution in [3.05, 3.63) is 37.0 Å². The summed E-state index contributed by atoms with van der Waals surface area (Å²) in [5.74, 6) is -0.426. The standard InChI is InChI=1S/C15H25NO4.C14H25NO3.H29P27.H28P26/c1-7-9-12(11(3)10-13(17)19-8-2)16-14(18)20-15(4,5)6;1-8-9-11-10(2)17-14(6,7)15(11)12(16)18-13(3,4)5;1-15-22(14)26(23(16(2)3)17(4)5)27(24(18(6)7)19(8)9)25(20(10)11)21(12)13;1-15(2)22(16(3)4)25(21(13)14)26(23(17(5)6)18(7)8)24(19(9)10)20(11)12/h7,10,12H,1,8-9H2,2-6H3,(H,16,18);8,10-11H,1,9H2,2-7H3;15H,1-14H2;1-14H2/b11-10+;;;/t12-;10-,11-;;/m00../s1. The maximum Gasteiger partial charge on any atom is 0.412 e. The largest absolute Gasteiger partial charge is 0.463 e. The Hall–Kier alpha value is 20.0. The maximum absolute atomic E-state index is 12.3. The Bertz CT molecular complexity index is 2010. The van der Waals surface area contributed by atoms with Crippen LogP contribution in [0, 0.1) is 0 Å². The molecule has 62 heteroatoms. The fourth-order valence-electron chi connectivity index (χ4n) is 6.58. The Labute approximate surface area is 647 Å². The summed E-state index contributed by atoms with van der Waals surface area (Å²) >= 11 is 0. The molecule has 0 bridgehead atoms. The molecule has 0 saturated carbocycles. The number of hydrogen-bond acceptors (Lipinski definition) is 7. The molecule has 0 aliphatic carbocycles. The summed E-state index contributed by atoms with van der Waals surface area (Å²) < 4.78 is 21.3. The fraction of sp³-hybridized carbons (Fsp3) is 0.690. The Kier molecular flexibility index (Phi) is 77.5. The monoisotopic (exact) mass is 2240 g/mol. The lowest BCUT2D eigenvalue weighted by molar-refractivity contribution is -0.137.